The highest BCUT2D eigenvalue weighted by atomic mass is 32.1. The zero-order chi connectivity index (χ0) is 19.0. The molecule has 5 nitrogen and oxygen atoms in total. The van der Waals surface area contributed by atoms with Crippen LogP contribution >= 0.6 is 11.3 Å². The minimum Gasteiger partial charge on any atom is -0.468 e. The second-order valence-electron chi connectivity index (χ2n) is 6.62. The smallest absolute Gasteiger partial charge is 0.325 e. The fourth-order valence-corrected chi connectivity index (χ4v) is 5.01. The fraction of sp³-hybridized carbons (Fsp3) is 0.350. The van der Waals surface area contributed by atoms with Gasteiger partial charge in [-0.2, -0.15) is 0 Å². The van der Waals surface area contributed by atoms with Crippen LogP contribution in [0.3, 0.4) is 0 Å². The van der Waals surface area contributed by atoms with Gasteiger partial charge in [0.1, 0.15) is 23.9 Å². The molecule has 2 aromatic rings. The molecule has 0 radical (unpaired) electrons. The maximum Gasteiger partial charge on any atom is 0.325 e. The van der Waals surface area contributed by atoms with Gasteiger partial charge in [-0.05, 0) is 55.5 Å². The Bertz CT molecular complexity index is 933. The number of hydrogen-bond donors (Lipinski definition) is 0. The molecule has 1 amide bonds. The molecule has 0 spiro atoms. The van der Waals surface area contributed by atoms with Crippen molar-refractivity contribution in [2.45, 2.75) is 25.7 Å². The van der Waals surface area contributed by atoms with Crippen LogP contribution in [0.5, 0.6) is 0 Å². The van der Waals surface area contributed by atoms with Crippen molar-refractivity contribution in [3.63, 3.8) is 0 Å². The van der Waals surface area contributed by atoms with Crippen molar-refractivity contribution in [2.75, 3.05) is 25.1 Å². The van der Waals surface area contributed by atoms with Crippen LogP contribution in [-0.4, -0.2) is 37.8 Å². The molecule has 1 aromatic carbocycles. The molecule has 0 bridgehead atoms. The van der Waals surface area contributed by atoms with Crippen LogP contribution in [0.2, 0.25) is 0 Å². The number of anilines is 1. The first-order chi connectivity index (χ1) is 13.1. The van der Waals surface area contributed by atoms with Crippen molar-refractivity contribution >= 4 is 33.9 Å². The molecular formula is C20H19FN2O3S. The van der Waals surface area contributed by atoms with E-state index in [0.29, 0.717) is 5.71 Å². The van der Waals surface area contributed by atoms with Gasteiger partial charge in [0.15, 0.2) is 0 Å². The van der Waals surface area contributed by atoms with Gasteiger partial charge in [-0.25, -0.2) is 4.39 Å². The Morgan fingerprint density at radius 3 is 2.74 bits per heavy atom. The van der Waals surface area contributed by atoms with Crippen LogP contribution in [0.4, 0.5) is 9.39 Å². The molecular weight excluding hydrogens is 367 g/mol. The lowest BCUT2D eigenvalue weighted by atomic mass is 9.91. The minimum absolute atomic E-state index is 0.0557. The quantitative estimate of drug-likeness (QED) is 0.762. The molecule has 0 saturated heterocycles. The van der Waals surface area contributed by atoms with Crippen LogP contribution in [-0.2, 0) is 27.2 Å². The third-order valence-corrected chi connectivity index (χ3v) is 6.26. The Labute approximate surface area is 160 Å². The fourth-order valence-electron chi connectivity index (χ4n) is 3.61. The summed E-state index contributed by atoms with van der Waals surface area (Å²) in [5.41, 5.74) is 3.59. The normalized spacial score (nSPS) is 16.3. The van der Waals surface area contributed by atoms with Gasteiger partial charge < -0.3 is 4.74 Å². The summed E-state index contributed by atoms with van der Waals surface area (Å²) in [4.78, 5) is 31.9. The maximum absolute atomic E-state index is 13.4. The second-order valence-corrected chi connectivity index (χ2v) is 7.70. The lowest BCUT2D eigenvalue weighted by Crippen LogP contribution is -2.37. The topological polar surface area (TPSA) is 59.0 Å². The van der Waals surface area contributed by atoms with E-state index >= 15 is 0 Å². The molecule has 4 rings (SSSR count). The molecule has 1 aromatic heterocycles. The van der Waals surface area contributed by atoms with Crippen molar-refractivity contribution < 1.29 is 18.7 Å². The van der Waals surface area contributed by atoms with Crippen LogP contribution in [0.15, 0.2) is 29.3 Å². The number of halogens is 1. The van der Waals surface area contributed by atoms with E-state index in [1.807, 2.05) is 0 Å². The van der Waals surface area contributed by atoms with E-state index in [-0.39, 0.29) is 24.8 Å². The van der Waals surface area contributed by atoms with E-state index in [4.69, 9.17) is 4.74 Å². The molecule has 140 valence electrons. The summed E-state index contributed by atoms with van der Waals surface area (Å²) >= 11 is 1.56. The molecule has 0 unspecified atom stereocenters. The van der Waals surface area contributed by atoms with E-state index in [1.54, 1.807) is 23.5 Å². The zero-order valence-corrected chi connectivity index (χ0v) is 15.8. The number of carbonyl (C=O) groups excluding carboxylic acids is 2. The summed E-state index contributed by atoms with van der Waals surface area (Å²) in [5, 5.41) is 0.748. The van der Waals surface area contributed by atoms with Crippen molar-refractivity contribution in [3.05, 3.63) is 51.7 Å². The average molecular weight is 386 g/mol. The number of aryl methyl sites for hydroxylation is 1. The maximum atomic E-state index is 13.4. The average Bonchev–Trinajstić information content (AvgIpc) is 3.00. The van der Waals surface area contributed by atoms with Gasteiger partial charge in [-0.3, -0.25) is 19.5 Å². The predicted molar refractivity (Wildman–Crippen MR) is 102 cm³/mol. The van der Waals surface area contributed by atoms with Crippen molar-refractivity contribution in [1.82, 2.24) is 0 Å². The molecule has 1 aliphatic heterocycles. The largest absolute Gasteiger partial charge is 0.468 e. The van der Waals surface area contributed by atoms with Gasteiger partial charge >= 0.3 is 5.97 Å². The molecule has 2 heterocycles. The molecule has 1 aliphatic carbocycles. The summed E-state index contributed by atoms with van der Waals surface area (Å²) in [7, 11) is 1.31. The van der Waals surface area contributed by atoms with Crippen molar-refractivity contribution in [3.8, 4) is 0 Å². The van der Waals surface area contributed by atoms with Crippen molar-refractivity contribution in [1.29, 1.82) is 0 Å². The molecule has 0 N–H and O–H groups in total. The number of benzene rings is 1. The first-order valence-electron chi connectivity index (χ1n) is 8.91. The van der Waals surface area contributed by atoms with Gasteiger partial charge in [0.05, 0.1) is 12.8 Å². The van der Waals surface area contributed by atoms with Gasteiger partial charge in [0.25, 0.3) is 0 Å². The molecule has 7 heteroatoms. The molecule has 2 aliphatic rings. The Morgan fingerprint density at radius 1 is 1.26 bits per heavy atom. The monoisotopic (exact) mass is 386 g/mol. The van der Waals surface area contributed by atoms with Gasteiger partial charge in [0, 0.05) is 16.0 Å². The van der Waals surface area contributed by atoms with E-state index in [2.05, 4.69) is 4.99 Å². The number of carbonyl (C=O) groups is 2. The summed E-state index contributed by atoms with van der Waals surface area (Å²) in [6.45, 7) is -0.187. The number of aliphatic imine (C=N–C) groups is 1. The third kappa shape index (κ3) is 3.27. The Balaban J connectivity index is 1.88. The van der Waals surface area contributed by atoms with Crippen LogP contribution in [0.25, 0.3) is 0 Å². The summed E-state index contributed by atoms with van der Waals surface area (Å²) in [6.07, 6.45) is 4.07. The van der Waals surface area contributed by atoms with Gasteiger partial charge in [-0.15, -0.1) is 11.3 Å². The first-order valence-corrected chi connectivity index (χ1v) is 9.72. The molecule has 0 atom stereocenters. The number of nitrogens with zero attached hydrogens (tertiary/aromatic N) is 2. The number of fused-ring (bicyclic) bond motifs is 3. The predicted octanol–water partition coefficient (Wildman–Crippen LogP) is 3.12. The lowest BCUT2D eigenvalue weighted by Gasteiger charge is -2.19. The number of rotatable bonds is 3. The number of esters is 1. The van der Waals surface area contributed by atoms with Crippen molar-refractivity contribution in [2.24, 2.45) is 4.99 Å². The highest BCUT2D eigenvalue weighted by Gasteiger charge is 2.33. The number of hydrogen-bond acceptors (Lipinski definition) is 5. The Morgan fingerprint density at radius 2 is 2.00 bits per heavy atom. The Kier molecular flexibility index (Phi) is 4.78. The zero-order valence-electron chi connectivity index (χ0n) is 15.0. The highest BCUT2D eigenvalue weighted by molar-refractivity contribution is 7.17. The first kappa shape index (κ1) is 17.9. The van der Waals surface area contributed by atoms with E-state index in [9.17, 15) is 14.0 Å². The highest BCUT2D eigenvalue weighted by Crippen LogP contribution is 2.42. The SMILES string of the molecule is COC(=O)CN1C(=O)CN=C(c2ccc(F)cc2)c2c1sc1c2CCCC1. The number of thiophene rings is 1. The summed E-state index contributed by atoms with van der Waals surface area (Å²) in [5.74, 6) is -1.02. The molecule has 0 fully saturated rings. The van der Waals surface area contributed by atoms with E-state index in [1.165, 1.54) is 34.6 Å². The summed E-state index contributed by atoms with van der Waals surface area (Å²) < 4.78 is 18.2. The van der Waals surface area contributed by atoms with Crippen LogP contribution in [0.1, 0.15) is 34.4 Å². The van der Waals surface area contributed by atoms with Crippen LogP contribution < -0.4 is 4.90 Å². The van der Waals surface area contributed by atoms with Gasteiger partial charge in [-0.1, -0.05) is 0 Å². The van der Waals surface area contributed by atoms with E-state index < -0.39 is 5.97 Å². The summed E-state index contributed by atoms with van der Waals surface area (Å²) in [6, 6.07) is 6.17. The third-order valence-electron chi connectivity index (χ3n) is 4.94. The number of methoxy groups -OCH3 is 1. The number of ether oxygens (including phenoxy) is 1. The Hall–Kier alpha value is -2.54. The van der Waals surface area contributed by atoms with Crippen LogP contribution in [0, 0.1) is 5.82 Å². The number of amides is 1. The standard InChI is InChI=1S/C20H19FN2O3S/c1-26-17(25)11-23-16(24)10-22-19(12-6-8-13(21)9-7-12)18-14-4-2-3-5-15(14)27-20(18)23/h6-9H,2-5,10-11H2,1H3. The molecule has 0 saturated carbocycles. The molecule has 27 heavy (non-hydrogen) atoms. The minimum atomic E-state index is -0.467. The van der Waals surface area contributed by atoms with Gasteiger partial charge in [0.2, 0.25) is 5.91 Å². The van der Waals surface area contributed by atoms with E-state index in [0.717, 1.165) is 41.8 Å². The second kappa shape index (κ2) is 7.23. The lowest BCUT2D eigenvalue weighted by molar-refractivity contribution is -0.139.